The number of amides is 1. The predicted molar refractivity (Wildman–Crippen MR) is 79.0 cm³/mol. The van der Waals surface area contributed by atoms with E-state index >= 15 is 0 Å². The highest BCUT2D eigenvalue weighted by Gasteiger charge is 2.25. The summed E-state index contributed by atoms with van der Waals surface area (Å²) in [7, 11) is 1.59. The maximum Gasteiger partial charge on any atom is 0.257 e. The lowest BCUT2D eigenvalue weighted by atomic mass is 10.1. The largest absolute Gasteiger partial charge is 0.496 e. The van der Waals surface area contributed by atoms with Gasteiger partial charge in [0.2, 0.25) is 0 Å². The number of nitrogens with two attached hydrogens (primary N) is 1. The van der Waals surface area contributed by atoms with Crippen molar-refractivity contribution in [1.29, 1.82) is 0 Å². The summed E-state index contributed by atoms with van der Waals surface area (Å²) in [5.74, 6) is 0.678. The molecule has 0 aromatic heterocycles. The van der Waals surface area contributed by atoms with E-state index < -0.39 is 0 Å². The standard InChI is InChI=1S/C15H23N3O2/c1-12(11-16)17-7-9-18(10-8-17)15(19)13-5-3-4-6-14(13)20-2/h3-6,12H,7-11,16H2,1-2H3. The third-order valence-electron chi connectivity index (χ3n) is 3.90. The summed E-state index contributed by atoms with van der Waals surface area (Å²) in [6, 6.07) is 7.74. The highest BCUT2D eigenvalue weighted by Crippen LogP contribution is 2.20. The van der Waals surface area contributed by atoms with Gasteiger partial charge in [-0.25, -0.2) is 0 Å². The quantitative estimate of drug-likeness (QED) is 0.884. The van der Waals surface area contributed by atoms with Crippen LogP contribution in [-0.2, 0) is 0 Å². The van der Waals surface area contributed by atoms with Gasteiger partial charge in [-0.05, 0) is 19.1 Å². The van der Waals surface area contributed by atoms with Crippen LogP contribution in [0.2, 0.25) is 0 Å². The van der Waals surface area contributed by atoms with Gasteiger partial charge in [0.05, 0.1) is 12.7 Å². The zero-order valence-corrected chi connectivity index (χ0v) is 12.2. The van der Waals surface area contributed by atoms with Crippen LogP contribution < -0.4 is 10.5 Å². The topological polar surface area (TPSA) is 58.8 Å². The second-order valence-electron chi connectivity index (χ2n) is 5.11. The predicted octanol–water partition coefficient (Wildman–Crippen LogP) is 0.800. The number of carbonyl (C=O) groups excluding carboxylic acids is 1. The van der Waals surface area contributed by atoms with Crippen molar-refractivity contribution in [1.82, 2.24) is 9.80 Å². The van der Waals surface area contributed by atoms with Crippen LogP contribution in [0.15, 0.2) is 24.3 Å². The number of para-hydroxylation sites is 1. The van der Waals surface area contributed by atoms with Gasteiger partial charge >= 0.3 is 0 Å². The number of ether oxygens (including phenoxy) is 1. The Balaban J connectivity index is 2.01. The van der Waals surface area contributed by atoms with Crippen molar-refractivity contribution in [2.24, 2.45) is 5.73 Å². The van der Waals surface area contributed by atoms with Gasteiger partial charge in [-0.2, -0.15) is 0 Å². The molecular formula is C15H23N3O2. The third-order valence-corrected chi connectivity index (χ3v) is 3.90. The average Bonchev–Trinajstić information content (AvgIpc) is 2.53. The molecular weight excluding hydrogens is 254 g/mol. The molecule has 1 aliphatic heterocycles. The average molecular weight is 277 g/mol. The third kappa shape index (κ3) is 3.11. The van der Waals surface area contributed by atoms with Crippen molar-refractivity contribution >= 4 is 5.91 Å². The maximum atomic E-state index is 12.5. The van der Waals surface area contributed by atoms with Gasteiger partial charge in [0.25, 0.3) is 5.91 Å². The Morgan fingerprint density at radius 2 is 1.95 bits per heavy atom. The van der Waals surface area contributed by atoms with Crippen LogP contribution in [0, 0.1) is 0 Å². The lowest BCUT2D eigenvalue weighted by Crippen LogP contribution is -2.52. The van der Waals surface area contributed by atoms with Crippen molar-refractivity contribution in [3.8, 4) is 5.75 Å². The van der Waals surface area contributed by atoms with Crippen molar-refractivity contribution in [3.63, 3.8) is 0 Å². The van der Waals surface area contributed by atoms with Gasteiger partial charge in [0, 0.05) is 38.8 Å². The van der Waals surface area contributed by atoms with Crippen molar-refractivity contribution in [2.45, 2.75) is 13.0 Å². The summed E-state index contributed by atoms with van der Waals surface area (Å²) >= 11 is 0. The summed E-state index contributed by atoms with van der Waals surface area (Å²) in [4.78, 5) is 16.7. The van der Waals surface area contributed by atoms with E-state index in [2.05, 4.69) is 11.8 Å². The van der Waals surface area contributed by atoms with Crippen LogP contribution in [0.25, 0.3) is 0 Å². The van der Waals surface area contributed by atoms with Gasteiger partial charge in [0.1, 0.15) is 5.75 Å². The molecule has 110 valence electrons. The summed E-state index contributed by atoms with van der Waals surface area (Å²) < 4.78 is 5.26. The summed E-state index contributed by atoms with van der Waals surface area (Å²) in [6.07, 6.45) is 0. The van der Waals surface area contributed by atoms with Gasteiger partial charge in [-0.3, -0.25) is 9.69 Å². The van der Waals surface area contributed by atoms with Crippen LogP contribution in [0.1, 0.15) is 17.3 Å². The second-order valence-corrected chi connectivity index (χ2v) is 5.11. The van der Waals surface area contributed by atoms with Crippen LogP contribution in [0.5, 0.6) is 5.75 Å². The molecule has 1 saturated heterocycles. The monoisotopic (exact) mass is 277 g/mol. The Morgan fingerprint density at radius 1 is 1.30 bits per heavy atom. The fourth-order valence-electron chi connectivity index (χ4n) is 2.51. The Bertz CT molecular complexity index is 456. The van der Waals surface area contributed by atoms with Crippen molar-refractivity contribution in [3.05, 3.63) is 29.8 Å². The Labute approximate surface area is 120 Å². The SMILES string of the molecule is COc1ccccc1C(=O)N1CCN(C(C)CN)CC1. The van der Waals surface area contributed by atoms with E-state index in [1.165, 1.54) is 0 Å². The zero-order chi connectivity index (χ0) is 14.5. The molecule has 1 heterocycles. The van der Waals surface area contributed by atoms with Crippen molar-refractivity contribution in [2.75, 3.05) is 39.8 Å². The lowest BCUT2D eigenvalue weighted by Gasteiger charge is -2.37. The van der Waals surface area contributed by atoms with Crippen LogP contribution >= 0.6 is 0 Å². The number of hydrogen-bond acceptors (Lipinski definition) is 4. The molecule has 1 amide bonds. The molecule has 1 fully saturated rings. The van der Waals surface area contributed by atoms with Crippen LogP contribution in [-0.4, -0.2) is 61.6 Å². The molecule has 1 unspecified atom stereocenters. The summed E-state index contributed by atoms with van der Waals surface area (Å²) in [6.45, 7) is 6.00. The summed E-state index contributed by atoms with van der Waals surface area (Å²) in [5.41, 5.74) is 6.32. The van der Waals surface area contributed by atoms with E-state index in [1.54, 1.807) is 7.11 Å². The number of benzene rings is 1. The Morgan fingerprint density at radius 3 is 2.55 bits per heavy atom. The van der Waals surface area contributed by atoms with Crippen molar-refractivity contribution < 1.29 is 9.53 Å². The minimum atomic E-state index is 0.0440. The molecule has 0 saturated carbocycles. The highest BCUT2D eigenvalue weighted by molar-refractivity contribution is 5.97. The van der Waals surface area contributed by atoms with Gasteiger partial charge < -0.3 is 15.4 Å². The molecule has 1 aromatic rings. The fraction of sp³-hybridized carbons (Fsp3) is 0.533. The smallest absolute Gasteiger partial charge is 0.257 e. The molecule has 0 aliphatic carbocycles. The normalized spacial score (nSPS) is 17.9. The highest BCUT2D eigenvalue weighted by atomic mass is 16.5. The zero-order valence-electron chi connectivity index (χ0n) is 12.2. The van der Waals surface area contributed by atoms with Gasteiger partial charge in [-0.15, -0.1) is 0 Å². The number of hydrogen-bond donors (Lipinski definition) is 1. The summed E-state index contributed by atoms with van der Waals surface area (Å²) in [5, 5.41) is 0. The Kier molecular flexibility index (Phi) is 4.98. The first-order valence-corrected chi connectivity index (χ1v) is 7.03. The molecule has 1 atom stereocenters. The molecule has 1 aromatic carbocycles. The lowest BCUT2D eigenvalue weighted by molar-refractivity contribution is 0.0586. The minimum Gasteiger partial charge on any atom is -0.496 e. The molecule has 0 bridgehead atoms. The van der Waals surface area contributed by atoms with E-state index in [9.17, 15) is 4.79 Å². The fourth-order valence-corrected chi connectivity index (χ4v) is 2.51. The van der Waals surface area contributed by atoms with Gasteiger partial charge in [-0.1, -0.05) is 12.1 Å². The molecule has 20 heavy (non-hydrogen) atoms. The molecule has 5 nitrogen and oxygen atoms in total. The molecule has 1 aliphatic rings. The number of methoxy groups -OCH3 is 1. The van der Waals surface area contributed by atoms with E-state index in [4.69, 9.17) is 10.5 Å². The second kappa shape index (κ2) is 6.72. The van der Waals surface area contributed by atoms with E-state index in [-0.39, 0.29) is 5.91 Å². The minimum absolute atomic E-state index is 0.0440. The molecule has 2 N–H and O–H groups in total. The van der Waals surface area contributed by atoms with Crippen LogP contribution in [0.3, 0.4) is 0 Å². The van der Waals surface area contributed by atoms with Crippen LogP contribution in [0.4, 0.5) is 0 Å². The first-order valence-electron chi connectivity index (χ1n) is 7.03. The molecule has 2 rings (SSSR count). The number of carbonyl (C=O) groups is 1. The first-order chi connectivity index (χ1) is 9.67. The number of piperazine rings is 1. The van der Waals surface area contributed by atoms with E-state index in [0.717, 1.165) is 26.2 Å². The first kappa shape index (κ1) is 14.8. The van der Waals surface area contributed by atoms with Gasteiger partial charge in [0.15, 0.2) is 0 Å². The maximum absolute atomic E-state index is 12.5. The molecule has 0 spiro atoms. The Hall–Kier alpha value is -1.59. The molecule has 0 radical (unpaired) electrons. The van der Waals surface area contributed by atoms with E-state index in [0.29, 0.717) is 23.9 Å². The van der Waals surface area contributed by atoms with E-state index in [1.807, 2.05) is 29.2 Å². The number of rotatable bonds is 4. The molecule has 5 heteroatoms. The number of nitrogens with zero attached hydrogens (tertiary/aromatic N) is 2.